The molecule has 4 rings (SSSR count). The van der Waals surface area contributed by atoms with Gasteiger partial charge in [-0.2, -0.15) is 5.26 Å². The van der Waals surface area contributed by atoms with Crippen LogP contribution in [0.1, 0.15) is 35.3 Å². The maximum absolute atomic E-state index is 13.2. The molecule has 0 N–H and O–H groups in total. The van der Waals surface area contributed by atoms with Gasteiger partial charge in [0, 0.05) is 54.5 Å². The number of aryl methyl sites for hydroxylation is 1. The van der Waals surface area contributed by atoms with Crippen molar-refractivity contribution in [3.05, 3.63) is 86.8 Å². The van der Waals surface area contributed by atoms with Crippen molar-refractivity contribution in [1.29, 1.82) is 5.26 Å². The van der Waals surface area contributed by atoms with E-state index in [9.17, 15) is 14.9 Å². The Balaban J connectivity index is 1.66. The number of halogens is 1. The van der Waals surface area contributed by atoms with Gasteiger partial charge in [-0.15, -0.1) is 0 Å². The smallest absolute Gasteiger partial charge is 0.273 e. The molecule has 1 aliphatic rings. The predicted octanol–water partition coefficient (Wildman–Crippen LogP) is 4.77. The molecule has 35 heavy (non-hydrogen) atoms. The first kappa shape index (κ1) is 24.7. The molecule has 3 aromatic rings. The molecular formula is C28H28ClN3O3. The van der Waals surface area contributed by atoms with Crippen molar-refractivity contribution in [3.8, 4) is 17.2 Å². The minimum atomic E-state index is -0.631. The average Bonchev–Trinajstić information content (AvgIpc) is 2.86. The zero-order valence-electron chi connectivity index (χ0n) is 20.2. The summed E-state index contributed by atoms with van der Waals surface area (Å²) in [5, 5.41) is 9.95. The summed E-state index contributed by atoms with van der Waals surface area (Å²) in [6, 6.07) is 17.0. The zero-order chi connectivity index (χ0) is 25.2. The van der Waals surface area contributed by atoms with Crippen LogP contribution in [0.15, 0.2) is 59.5 Å². The summed E-state index contributed by atoms with van der Waals surface area (Å²) in [6.45, 7) is 6.16. The monoisotopic (exact) mass is 489 g/mol. The Bertz CT molecular complexity index is 1360. The fraction of sp³-hybridized carbons (Fsp3) is 0.321. The van der Waals surface area contributed by atoms with E-state index in [1.54, 1.807) is 36.0 Å². The van der Waals surface area contributed by atoms with Crippen LogP contribution in [0.25, 0.3) is 11.1 Å². The first-order valence-electron chi connectivity index (χ1n) is 11.6. The van der Waals surface area contributed by atoms with E-state index in [-0.39, 0.29) is 17.8 Å². The number of morpholine rings is 1. The first-order chi connectivity index (χ1) is 16.7. The lowest BCUT2D eigenvalue weighted by Crippen LogP contribution is -2.40. The van der Waals surface area contributed by atoms with E-state index in [2.05, 4.69) is 6.07 Å². The third-order valence-electron chi connectivity index (χ3n) is 6.41. The molecule has 0 bridgehead atoms. The number of ether oxygens (including phenoxy) is 1. The van der Waals surface area contributed by atoms with Crippen LogP contribution in [-0.4, -0.2) is 36.7 Å². The largest absolute Gasteiger partial charge is 0.378 e. The highest BCUT2D eigenvalue weighted by Crippen LogP contribution is 2.31. The summed E-state index contributed by atoms with van der Waals surface area (Å²) in [7, 11) is 1.72. The minimum Gasteiger partial charge on any atom is -0.378 e. The highest BCUT2D eigenvalue weighted by Gasteiger charge is 2.21. The number of ketones is 1. The summed E-state index contributed by atoms with van der Waals surface area (Å²) < 4.78 is 6.97. The summed E-state index contributed by atoms with van der Waals surface area (Å²) in [6.07, 6.45) is 1.96. The van der Waals surface area contributed by atoms with Gasteiger partial charge in [-0.25, -0.2) is 0 Å². The molecule has 0 atom stereocenters. The quantitative estimate of drug-likeness (QED) is 0.466. The lowest BCUT2D eigenvalue weighted by molar-refractivity contribution is 0.0993. The Morgan fingerprint density at radius 2 is 1.89 bits per heavy atom. The Hall–Kier alpha value is -3.40. The number of anilines is 1. The topological polar surface area (TPSA) is 75.3 Å². The molecule has 0 radical (unpaired) electrons. The predicted molar refractivity (Wildman–Crippen MR) is 138 cm³/mol. The fourth-order valence-electron chi connectivity index (χ4n) is 4.21. The molecule has 1 fully saturated rings. The van der Waals surface area contributed by atoms with Gasteiger partial charge >= 0.3 is 0 Å². The van der Waals surface area contributed by atoms with Crippen LogP contribution in [-0.2, 0) is 23.6 Å². The molecule has 2 aromatic carbocycles. The van der Waals surface area contributed by atoms with Crippen LogP contribution in [0.2, 0.25) is 5.02 Å². The molecule has 7 heteroatoms. The number of carbonyl (C=O) groups is 1. The lowest BCUT2D eigenvalue weighted by atomic mass is 9.85. The van der Waals surface area contributed by atoms with E-state index >= 15 is 0 Å². The van der Waals surface area contributed by atoms with Crippen LogP contribution in [0.3, 0.4) is 0 Å². The van der Waals surface area contributed by atoms with Gasteiger partial charge in [-0.05, 0) is 49.2 Å². The summed E-state index contributed by atoms with van der Waals surface area (Å²) in [4.78, 5) is 28.0. The van der Waals surface area contributed by atoms with Crippen molar-refractivity contribution in [2.24, 2.45) is 7.05 Å². The van der Waals surface area contributed by atoms with Gasteiger partial charge in [-0.1, -0.05) is 35.9 Å². The number of aromatic nitrogens is 1. The highest BCUT2D eigenvalue weighted by atomic mass is 35.5. The number of rotatable bonds is 6. The van der Waals surface area contributed by atoms with Gasteiger partial charge in [0.25, 0.3) is 5.56 Å². The first-order valence-corrected chi connectivity index (χ1v) is 11.9. The number of hydrogen-bond acceptors (Lipinski definition) is 5. The third-order valence-corrected chi connectivity index (χ3v) is 6.74. The molecular weight excluding hydrogens is 462 g/mol. The van der Waals surface area contributed by atoms with Gasteiger partial charge in [0.2, 0.25) is 0 Å². The van der Waals surface area contributed by atoms with E-state index in [0.717, 1.165) is 16.7 Å². The highest BCUT2D eigenvalue weighted by molar-refractivity contribution is 6.33. The van der Waals surface area contributed by atoms with E-state index in [1.807, 2.05) is 49.1 Å². The van der Waals surface area contributed by atoms with Gasteiger partial charge in [0.15, 0.2) is 5.78 Å². The second-order valence-corrected chi connectivity index (χ2v) is 9.77. The Kier molecular flexibility index (Phi) is 7.11. The third kappa shape index (κ3) is 5.32. The number of pyridine rings is 1. The number of nitriles is 1. The second-order valence-electron chi connectivity index (χ2n) is 9.36. The minimum absolute atomic E-state index is 0.0481. The summed E-state index contributed by atoms with van der Waals surface area (Å²) >= 11 is 6.55. The number of Topliss-reactive ketones (excluding diaryl/α,β-unsaturated/α-hetero) is 1. The van der Waals surface area contributed by atoms with Crippen molar-refractivity contribution in [2.75, 3.05) is 31.2 Å². The van der Waals surface area contributed by atoms with E-state index in [0.29, 0.717) is 48.1 Å². The normalized spacial score (nSPS) is 14.0. The number of carbonyl (C=O) groups excluding carboxylic acids is 1. The Morgan fingerprint density at radius 3 is 2.60 bits per heavy atom. The Morgan fingerprint density at radius 1 is 1.14 bits per heavy atom. The van der Waals surface area contributed by atoms with E-state index < -0.39 is 5.41 Å². The molecule has 0 amide bonds. The second kappa shape index (κ2) is 10.1. The summed E-state index contributed by atoms with van der Waals surface area (Å²) in [5.41, 5.74) is 3.61. The van der Waals surface area contributed by atoms with Crippen molar-refractivity contribution >= 4 is 23.1 Å². The van der Waals surface area contributed by atoms with Crippen molar-refractivity contribution < 1.29 is 9.53 Å². The molecule has 0 saturated carbocycles. The zero-order valence-corrected chi connectivity index (χ0v) is 20.9. The molecule has 6 nitrogen and oxygen atoms in total. The maximum atomic E-state index is 13.2. The average molecular weight is 490 g/mol. The summed E-state index contributed by atoms with van der Waals surface area (Å²) in [5.74, 6) is -0.0481. The van der Waals surface area contributed by atoms with Crippen molar-refractivity contribution in [3.63, 3.8) is 0 Å². The molecule has 2 heterocycles. The van der Waals surface area contributed by atoms with Crippen LogP contribution >= 0.6 is 11.6 Å². The number of benzene rings is 2. The van der Waals surface area contributed by atoms with Crippen LogP contribution in [0.4, 0.5) is 5.69 Å². The van der Waals surface area contributed by atoms with Crippen molar-refractivity contribution in [2.45, 2.75) is 25.7 Å². The maximum Gasteiger partial charge on any atom is 0.273 e. The standard InChI is InChI=1S/C28H28ClN3O3/c1-28(2,18-30)22-6-4-5-19(13-22)14-26(33)20-7-8-24(29)23(15-20)21-16-25(27(34)31(3)17-21)32-9-11-35-12-10-32/h4-8,13,15-17H,9-12,14H2,1-3H3. The lowest BCUT2D eigenvalue weighted by Gasteiger charge is -2.28. The van der Waals surface area contributed by atoms with Crippen LogP contribution in [0, 0.1) is 11.3 Å². The number of hydrogen-bond donors (Lipinski definition) is 0. The molecule has 0 aliphatic carbocycles. The fourth-order valence-corrected chi connectivity index (χ4v) is 4.44. The van der Waals surface area contributed by atoms with Gasteiger partial charge < -0.3 is 14.2 Å². The molecule has 180 valence electrons. The van der Waals surface area contributed by atoms with Gasteiger partial charge in [-0.3, -0.25) is 9.59 Å². The Labute approximate surface area is 210 Å². The molecule has 0 unspecified atom stereocenters. The molecule has 0 spiro atoms. The van der Waals surface area contributed by atoms with Gasteiger partial charge in [0.05, 0.1) is 24.7 Å². The van der Waals surface area contributed by atoms with E-state index in [4.69, 9.17) is 16.3 Å². The van der Waals surface area contributed by atoms with Crippen LogP contribution in [0.5, 0.6) is 0 Å². The van der Waals surface area contributed by atoms with Gasteiger partial charge in [0.1, 0.15) is 5.69 Å². The number of nitrogens with zero attached hydrogens (tertiary/aromatic N) is 3. The van der Waals surface area contributed by atoms with E-state index in [1.165, 1.54) is 0 Å². The molecule has 1 aliphatic heterocycles. The molecule has 1 saturated heterocycles. The van der Waals surface area contributed by atoms with Crippen LogP contribution < -0.4 is 10.5 Å². The SMILES string of the molecule is Cn1cc(-c2cc(C(=O)Cc3cccc(C(C)(C)C#N)c3)ccc2Cl)cc(N2CCOCC2)c1=O. The van der Waals surface area contributed by atoms with Crippen molar-refractivity contribution in [1.82, 2.24) is 4.57 Å². The molecule has 1 aromatic heterocycles.